The number of nitrogens with one attached hydrogen (secondary N) is 4. The first kappa shape index (κ1) is 30.7. The number of likely N-dealkylation sites (tertiary alicyclic amines) is 1. The van der Waals surface area contributed by atoms with E-state index in [1.807, 2.05) is 30.9 Å². The molecule has 250 valence electrons. The summed E-state index contributed by atoms with van der Waals surface area (Å²) in [5.74, 6) is -2.09. The molecule has 2 aliphatic carbocycles. The Kier molecular flexibility index (Phi) is 7.21. The SMILES string of the molecule is COC(=O)NC(C(=O)N1CC2(CC2)CC1c1ncc(-c2ccc3c(c2)C(F)(F)c2cc(-c4cnc(C5CCCN5)[nH]4)ccc2-3)[nH]1)C(C)C. The number of ether oxygens (including phenoxy) is 1. The van der Waals surface area contributed by atoms with Crippen molar-refractivity contribution in [3.63, 3.8) is 0 Å². The number of aromatic nitrogens is 4. The molecule has 4 N–H and O–H groups in total. The summed E-state index contributed by atoms with van der Waals surface area (Å²) in [5.41, 5.74) is 3.57. The lowest BCUT2D eigenvalue weighted by atomic mass is 10.0. The zero-order valence-electron chi connectivity index (χ0n) is 27.2. The number of amides is 2. The number of hydrogen-bond acceptors (Lipinski definition) is 6. The van der Waals surface area contributed by atoms with Gasteiger partial charge in [-0.25, -0.2) is 14.8 Å². The summed E-state index contributed by atoms with van der Waals surface area (Å²) in [6.07, 6.45) is 7.60. The van der Waals surface area contributed by atoms with Gasteiger partial charge in [0, 0.05) is 28.8 Å². The molecule has 4 heterocycles. The molecule has 1 saturated carbocycles. The number of aromatic amines is 2. The van der Waals surface area contributed by atoms with Gasteiger partial charge in [-0.2, -0.15) is 8.78 Å². The van der Waals surface area contributed by atoms with E-state index in [4.69, 9.17) is 4.74 Å². The molecule has 3 unspecified atom stereocenters. The Hall–Kier alpha value is -4.58. The third kappa shape index (κ3) is 5.08. The highest BCUT2D eigenvalue weighted by Gasteiger charge is 2.55. The lowest BCUT2D eigenvalue weighted by Crippen LogP contribution is -2.51. The second-order valence-electron chi connectivity index (χ2n) is 14.2. The molecule has 2 aromatic carbocycles. The van der Waals surface area contributed by atoms with E-state index in [0.29, 0.717) is 46.0 Å². The fourth-order valence-electron chi connectivity index (χ4n) is 7.74. The van der Waals surface area contributed by atoms with Crippen molar-refractivity contribution in [1.82, 2.24) is 35.5 Å². The van der Waals surface area contributed by atoms with Crippen LogP contribution in [0.15, 0.2) is 48.8 Å². The normalized spacial score (nSPS) is 22.2. The largest absolute Gasteiger partial charge is 0.453 e. The average molecular weight is 656 g/mol. The van der Waals surface area contributed by atoms with Gasteiger partial charge in [-0.15, -0.1) is 0 Å². The zero-order valence-corrected chi connectivity index (χ0v) is 27.2. The van der Waals surface area contributed by atoms with E-state index in [1.54, 1.807) is 36.7 Å². The van der Waals surface area contributed by atoms with Crippen molar-refractivity contribution in [2.45, 2.75) is 70.0 Å². The summed E-state index contributed by atoms with van der Waals surface area (Å²) in [5, 5.41) is 6.11. The predicted molar refractivity (Wildman–Crippen MR) is 175 cm³/mol. The van der Waals surface area contributed by atoms with Crippen LogP contribution in [0.1, 0.15) is 80.8 Å². The second-order valence-corrected chi connectivity index (χ2v) is 14.2. The van der Waals surface area contributed by atoms with Crippen molar-refractivity contribution in [3.05, 3.63) is 71.6 Å². The first-order valence-electron chi connectivity index (χ1n) is 16.7. The maximum absolute atomic E-state index is 16.2. The van der Waals surface area contributed by atoms with Crippen LogP contribution in [0.5, 0.6) is 0 Å². The van der Waals surface area contributed by atoms with Gasteiger partial charge in [0.2, 0.25) is 5.91 Å². The Bertz CT molecular complexity index is 1910. The van der Waals surface area contributed by atoms with Crippen molar-refractivity contribution in [1.29, 1.82) is 0 Å². The molecule has 4 aliphatic rings. The third-order valence-electron chi connectivity index (χ3n) is 10.7. The number of benzene rings is 2. The lowest BCUT2D eigenvalue weighted by molar-refractivity contribution is -0.135. The van der Waals surface area contributed by atoms with Gasteiger partial charge in [-0.3, -0.25) is 4.79 Å². The van der Waals surface area contributed by atoms with Crippen LogP contribution < -0.4 is 10.6 Å². The molecule has 10 nitrogen and oxygen atoms in total. The molecular formula is C36H39F2N7O3. The van der Waals surface area contributed by atoms with E-state index in [2.05, 4.69) is 30.6 Å². The van der Waals surface area contributed by atoms with Crippen molar-refractivity contribution in [3.8, 4) is 33.6 Å². The minimum atomic E-state index is -3.19. The molecule has 0 bridgehead atoms. The van der Waals surface area contributed by atoms with Gasteiger partial charge in [0.15, 0.2) is 0 Å². The molecule has 3 atom stereocenters. The van der Waals surface area contributed by atoms with Crippen molar-refractivity contribution < 1.29 is 23.1 Å². The van der Waals surface area contributed by atoms with Crippen molar-refractivity contribution in [2.75, 3.05) is 20.2 Å². The number of alkyl carbamates (subject to hydrolysis) is 1. The Balaban J connectivity index is 1.06. The molecule has 2 aliphatic heterocycles. The van der Waals surface area contributed by atoms with Crippen LogP contribution in [0.25, 0.3) is 33.6 Å². The summed E-state index contributed by atoms with van der Waals surface area (Å²) in [6.45, 7) is 5.29. The molecule has 2 amide bonds. The number of imidazole rings is 2. The zero-order chi connectivity index (χ0) is 33.4. The summed E-state index contributed by atoms with van der Waals surface area (Å²) in [6, 6.07) is 9.43. The van der Waals surface area contributed by atoms with Crippen LogP contribution in [0.3, 0.4) is 0 Å². The van der Waals surface area contributed by atoms with Crippen LogP contribution in [-0.4, -0.2) is 63.1 Å². The maximum atomic E-state index is 16.2. The molecule has 2 aromatic heterocycles. The summed E-state index contributed by atoms with van der Waals surface area (Å²) < 4.78 is 37.1. The van der Waals surface area contributed by atoms with Crippen LogP contribution >= 0.6 is 0 Å². The molecule has 48 heavy (non-hydrogen) atoms. The number of carbonyl (C=O) groups is 2. The number of alkyl halides is 2. The molecule has 3 fully saturated rings. The fraction of sp³-hybridized carbons (Fsp3) is 0.444. The predicted octanol–water partition coefficient (Wildman–Crippen LogP) is 6.45. The summed E-state index contributed by atoms with van der Waals surface area (Å²) in [7, 11) is 1.27. The van der Waals surface area contributed by atoms with Gasteiger partial charge in [-0.05, 0) is 73.2 Å². The van der Waals surface area contributed by atoms with E-state index >= 15 is 8.78 Å². The number of halogens is 2. The lowest BCUT2D eigenvalue weighted by Gasteiger charge is -2.30. The molecule has 0 radical (unpaired) electrons. The first-order chi connectivity index (χ1) is 23.1. The van der Waals surface area contributed by atoms with Crippen LogP contribution in [0, 0.1) is 11.3 Å². The van der Waals surface area contributed by atoms with Crippen molar-refractivity contribution in [2.24, 2.45) is 11.3 Å². The highest BCUT2D eigenvalue weighted by atomic mass is 19.3. The van der Waals surface area contributed by atoms with Crippen LogP contribution in [0.4, 0.5) is 13.6 Å². The minimum absolute atomic E-state index is 0.0253. The Labute approximate surface area is 277 Å². The fourth-order valence-corrected chi connectivity index (χ4v) is 7.74. The number of carbonyl (C=O) groups excluding carboxylic acids is 2. The summed E-state index contributed by atoms with van der Waals surface area (Å²) in [4.78, 5) is 43.5. The topological polar surface area (TPSA) is 128 Å². The number of hydrogen-bond donors (Lipinski definition) is 4. The van der Waals surface area contributed by atoms with Gasteiger partial charge in [0.1, 0.15) is 17.7 Å². The van der Waals surface area contributed by atoms with Gasteiger partial charge in [0.25, 0.3) is 5.92 Å². The smallest absolute Gasteiger partial charge is 0.407 e. The Morgan fingerprint density at radius 2 is 1.60 bits per heavy atom. The van der Waals surface area contributed by atoms with E-state index in [9.17, 15) is 9.59 Å². The van der Waals surface area contributed by atoms with Gasteiger partial charge in [-0.1, -0.05) is 38.1 Å². The van der Waals surface area contributed by atoms with Crippen LogP contribution in [-0.2, 0) is 15.5 Å². The molecule has 12 heteroatoms. The molecular weight excluding hydrogens is 616 g/mol. The molecule has 4 aromatic rings. The standard InChI is InChI=1S/C36H39F2N7O3/c1-19(2)30(44-34(47)48-3)33(46)45-18-35(10-11-35)15-29(45)32-41-17-28(43-32)21-7-9-23-22-8-6-20(13-24(22)36(37,38)25(23)14-21)27-16-40-31(42-27)26-5-4-12-39-26/h6-9,13-14,16-17,19,26,29-30,39H,4-5,10-12,15,18H2,1-3H3,(H,40,42)(H,41,43)(H,44,47). The molecule has 2 saturated heterocycles. The highest BCUT2D eigenvalue weighted by Crippen LogP contribution is 2.58. The van der Waals surface area contributed by atoms with Gasteiger partial charge >= 0.3 is 6.09 Å². The van der Waals surface area contributed by atoms with Gasteiger partial charge < -0.3 is 30.2 Å². The number of rotatable bonds is 7. The Morgan fingerprint density at radius 3 is 2.17 bits per heavy atom. The first-order valence-corrected chi connectivity index (χ1v) is 16.7. The monoisotopic (exact) mass is 655 g/mol. The van der Waals surface area contributed by atoms with Crippen molar-refractivity contribution >= 4 is 12.0 Å². The third-order valence-corrected chi connectivity index (χ3v) is 10.7. The molecule has 8 rings (SSSR count). The maximum Gasteiger partial charge on any atom is 0.407 e. The second kappa shape index (κ2) is 11.3. The van der Waals surface area contributed by atoms with E-state index in [1.165, 1.54) is 7.11 Å². The Morgan fingerprint density at radius 1 is 0.979 bits per heavy atom. The van der Waals surface area contributed by atoms with E-state index < -0.39 is 18.1 Å². The van der Waals surface area contributed by atoms with E-state index in [-0.39, 0.29) is 40.5 Å². The number of fused-ring (bicyclic) bond motifs is 3. The average Bonchev–Trinajstić information content (AvgIpc) is 3.69. The number of nitrogens with zero attached hydrogens (tertiary/aromatic N) is 3. The van der Waals surface area contributed by atoms with Crippen LogP contribution in [0.2, 0.25) is 0 Å². The minimum Gasteiger partial charge on any atom is -0.453 e. The molecule has 1 spiro atoms. The highest BCUT2D eigenvalue weighted by molar-refractivity contribution is 5.87. The number of H-pyrrole nitrogens is 2. The summed E-state index contributed by atoms with van der Waals surface area (Å²) >= 11 is 0. The number of methoxy groups -OCH3 is 1. The van der Waals surface area contributed by atoms with E-state index in [0.717, 1.165) is 44.5 Å². The van der Waals surface area contributed by atoms with Gasteiger partial charge in [0.05, 0.1) is 43.0 Å². The quantitative estimate of drug-likeness (QED) is 0.181.